The van der Waals surface area contributed by atoms with Crippen molar-refractivity contribution in [3.63, 3.8) is 0 Å². The average molecular weight is 918 g/mol. The molecule has 72 heavy (non-hydrogen) atoms. The third-order valence-electron chi connectivity index (χ3n) is 15.8. The Labute approximate surface area is 414 Å². The summed E-state index contributed by atoms with van der Waals surface area (Å²) in [4.78, 5) is 10.7. The molecule has 0 spiro atoms. The molecular formula is C67H43N5. The van der Waals surface area contributed by atoms with E-state index >= 15 is 0 Å². The van der Waals surface area contributed by atoms with E-state index in [1.807, 2.05) is 0 Å². The maximum absolute atomic E-state index is 5.45. The predicted molar refractivity (Wildman–Crippen MR) is 299 cm³/mol. The molecule has 0 saturated heterocycles. The number of hydrogen-bond donors (Lipinski definition) is 0. The zero-order valence-corrected chi connectivity index (χ0v) is 39.2. The minimum atomic E-state index is 0.297. The minimum Gasteiger partial charge on any atom is -0.309 e. The Morgan fingerprint density at radius 2 is 1.06 bits per heavy atom. The number of para-hydroxylation sites is 5. The molecule has 4 heterocycles. The summed E-state index contributed by atoms with van der Waals surface area (Å²) in [6, 6.07) is 85.0. The third kappa shape index (κ3) is 5.70. The van der Waals surface area contributed by atoms with Crippen LogP contribution < -0.4 is 0 Å². The normalized spacial score (nSPS) is 13.7. The molecule has 4 aromatic heterocycles. The molecule has 11 aromatic carbocycles. The Morgan fingerprint density at radius 3 is 1.92 bits per heavy atom. The molecule has 1 aliphatic rings. The van der Waals surface area contributed by atoms with Crippen LogP contribution in [0.15, 0.2) is 231 Å². The van der Waals surface area contributed by atoms with Crippen LogP contribution in [0, 0.1) is 0 Å². The number of fused-ring (bicyclic) bond motifs is 18. The van der Waals surface area contributed by atoms with Gasteiger partial charge in [-0.25, -0.2) is 9.97 Å². The highest BCUT2D eigenvalue weighted by Crippen LogP contribution is 2.46. The fourth-order valence-corrected chi connectivity index (χ4v) is 12.7. The first-order valence-corrected chi connectivity index (χ1v) is 25.1. The van der Waals surface area contributed by atoms with E-state index in [1.54, 1.807) is 0 Å². The number of benzene rings is 11. The Balaban J connectivity index is 0.923. The summed E-state index contributed by atoms with van der Waals surface area (Å²) >= 11 is 0. The number of imidazole rings is 1. The molecule has 0 N–H and O–H groups in total. The quantitative estimate of drug-likeness (QED) is 0.173. The molecule has 0 aliphatic heterocycles. The highest BCUT2D eigenvalue weighted by molar-refractivity contribution is 6.21. The monoisotopic (exact) mass is 917 g/mol. The highest BCUT2D eigenvalue weighted by Gasteiger charge is 2.27. The second-order valence-corrected chi connectivity index (χ2v) is 19.7. The van der Waals surface area contributed by atoms with Crippen molar-refractivity contribution in [2.24, 2.45) is 0 Å². The standard InChI is InChI=1S/C67H43N5/c1-3-18-50-42(15-1)29-30-45-38-47(49-17-5-6-21-53(49)64(45)50)36-41-35-46(39-48(37-41)70-60-27-13-9-23-55(60)65-51-19-4-2-16-43(51)31-34-63(65)70)44-32-33-61-56(40-44)52-20-8-12-26-59(52)71(61)67-69-57-24-10-7-22-54(57)66-68-58-25-11-14-28-62(58)72(66)67/h1-35,37,39-40,47H,36,38H2. The maximum Gasteiger partial charge on any atom is 0.221 e. The van der Waals surface area contributed by atoms with Gasteiger partial charge in [-0.1, -0.05) is 164 Å². The predicted octanol–water partition coefficient (Wildman–Crippen LogP) is 16.8. The Bertz CT molecular complexity index is 4780. The van der Waals surface area contributed by atoms with Crippen molar-refractivity contribution in [3.05, 3.63) is 247 Å². The summed E-state index contributed by atoms with van der Waals surface area (Å²) in [5.41, 5.74) is 18.8. The van der Waals surface area contributed by atoms with E-state index in [9.17, 15) is 0 Å². The van der Waals surface area contributed by atoms with Gasteiger partial charge in [0.2, 0.25) is 5.95 Å². The Morgan fingerprint density at radius 1 is 0.417 bits per heavy atom. The maximum atomic E-state index is 5.45. The van der Waals surface area contributed by atoms with Crippen molar-refractivity contribution in [2.75, 3.05) is 0 Å². The second-order valence-electron chi connectivity index (χ2n) is 19.7. The van der Waals surface area contributed by atoms with Crippen molar-refractivity contribution in [2.45, 2.75) is 18.8 Å². The van der Waals surface area contributed by atoms with Crippen LogP contribution in [0.25, 0.3) is 127 Å². The zero-order chi connectivity index (χ0) is 47.0. The van der Waals surface area contributed by atoms with Gasteiger partial charge in [0.25, 0.3) is 0 Å². The van der Waals surface area contributed by atoms with E-state index in [2.05, 4.69) is 244 Å². The lowest BCUT2D eigenvalue weighted by molar-refractivity contribution is 0.673. The molecule has 0 bridgehead atoms. The molecule has 336 valence electrons. The Kier molecular flexibility index (Phi) is 8.28. The van der Waals surface area contributed by atoms with Crippen LogP contribution in [-0.2, 0) is 12.8 Å². The average Bonchev–Trinajstić information content (AvgIpc) is 4.11. The molecule has 0 saturated carbocycles. The number of hydrogen-bond acceptors (Lipinski definition) is 2. The summed E-state index contributed by atoms with van der Waals surface area (Å²) in [5.74, 6) is 1.12. The topological polar surface area (TPSA) is 40.1 Å². The van der Waals surface area contributed by atoms with Crippen molar-refractivity contribution < 1.29 is 0 Å². The highest BCUT2D eigenvalue weighted by atomic mass is 15.2. The van der Waals surface area contributed by atoms with Crippen molar-refractivity contribution in [3.8, 4) is 33.9 Å². The van der Waals surface area contributed by atoms with E-state index in [1.165, 1.54) is 93.1 Å². The first-order valence-electron chi connectivity index (χ1n) is 25.1. The summed E-state index contributed by atoms with van der Waals surface area (Å²) < 4.78 is 7.09. The van der Waals surface area contributed by atoms with Crippen LogP contribution in [0.3, 0.4) is 0 Å². The molecule has 0 fully saturated rings. The van der Waals surface area contributed by atoms with Gasteiger partial charge >= 0.3 is 0 Å². The molecule has 0 amide bonds. The van der Waals surface area contributed by atoms with E-state index < -0.39 is 0 Å². The van der Waals surface area contributed by atoms with Crippen molar-refractivity contribution in [1.82, 2.24) is 23.5 Å². The van der Waals surface area contributed by atoms with Crippen molar-refractivity contribution >= 4 is 92.7 Å². The van der Waals surface area contributed by atoms with E-state index in [-0.39, 0.29) is 0 Å². The summed E-state index contributed by atoms with van der Waals surface area (Å²) in [5, 5.41) is 11.1. The molecule has 1 unspecified atom stereocenters. The van der Waals surface area contributed by atoms with Gasteiger partial charge in [0.05, 0.1) is 38.6 Å². The van der Waals surface area contributed by atoms with Crippen LogP contribution >= 0.6 is 0 Å². The summed E-state index contributed by atoms with van der Waals surface area (Å²) in [7, 11) is 0. The number of nitrogens with zero attached hydrogens (tertiary/aromatic N) is 5. The first kappa shape index (κ1) is 39.5. The van der Waals surface area contributed by atoms with Gasteiger partial charge in [0, 0.05) is 32.6 Å². The summed E-state index contributed by atoms with van der Waals surface area (Å²) in [6.45, 7) is 0. The van der Waals surface area contributed by atoms with E-state index in [0.717, 1.165) is 63.1 Å². The smallest absolute Gasteiger partial charge is 0.221 e. The zero-order valence-electron chi connectivity index (χ0n) is 39.2. The largest absolute Gasteiger partial charge is 0.309 e. The molecule has 5 nitrogen and oxygen atoms in total. The van der Waals surface area contributed by atoms with Crippen molar-refractivity contribution in [1.29, 1.82) is 0 Å². The van der Waals surface area contributed by atoms with E-state index in [4.69, 9.17) is 9.97 Å². The molecule has 16 rings (SSSR count). The number of rotatable bonds is 5. The van der Waals surface area contributed by atoms with Gasteiger partial charge in [-0.3, -0.25) is 8.97 Å². The fraction of sp³-hybridized carbons (Fsp3) is 0.0448. The molecule has 0 radical (unpaired) electrons. The van der Waals surface area contributed by atoms with E-state index in [0.29, 0.717) is 5.92 Å². The van der Waals surface area contributed by atoms with Crippen LogP contribution in [0.2, 0.25) is 0 Å². The minimum absolute atomic E-state index is 0.297. The van der Waals surface area contributed by atoms with Gasteiger partial charge in [0.1, 0.15) is 5.65 Å². The lowest BCUT2D eigenvalue weighted by Crippen LogP contribution is -2.14. The lowest BCUT2D eigenvalue weighted by atomic mass is 9.75. The van der Waals surface area contributed by atoms with Crippen LogP contribution in [-0.4, -0.2) is 23.5 Å². The summed E-state index contributed by atoms with van der Waals surface area (Å²) in [6.07, 6.45) is 1.88. The SMILES string of the molecule is c1ccc2c(c1)-c1c(ccc3ccccc13)CC2Cc1cc(-c2ccc3c(c2)c2ccccc2n3-c2nc3ccccc3c3nc4ccccc4n23)cc(-n2c3ccccc3c3c4ccccc4ccc32)c1. The van der Waals surface area contributed by atoms with Gasteiger partial charge in [-0.2, -0.15) is 0 Å². The first-order chi connectivity index (χ1) is 35.7. The third-order valence-corrected chi connectivity index (χ3v) is 15.8. The second kappa shape index (κ2) is 15.1. The number of aromatic nitrogens is 5. The Hall–Kier alpha value is -9.32. The van der Waals surface area contributed by atoms with Gasteiger partial charge in [-0.05, 0) is 146 Å². The molecule has 15 aromatic rings. The van der Waals surface area contributed by atoms with Crippen LogP contribution in [0.4, 0.5) is 0 Å². The molecule has 5 heteroatoms. The molecule has 1 aliphatic carbocycles. The van der Waals surface area contributed by atoms with Crippen LogP contribution in [0.1, 0.15) is 22.6 Å². The van der Waals surface area contributed by atoms with Gasteiger partial charge < -0.3 is 4.57 Å². The molecule has 1 atom stereocenters. The fourth-order valence-electron chi connectivity index (χ4n) is 12.7. The van der Waals surface area contributed by atoms with Gasteiger partial charge in [0.15, 0.2) is 0 Å². The van der Waals surface area contributed by atoms with Crippen LogP contribution in [0.5, 0.6) is 0 Å². The van der Waals surface area contributed by atoms with Gasteiger partial charge in [-0.15, -0.1) is 0 Å². The molecular weight excluding hydrogens is 875 g/mol. The lowest BCUT2D eigenvalue weighted by Gasteiger charge is -2.29.